The molecular weight excluding hydrogens is 384 g/mol. The lowest BCUT2D eigenvalue weighted by Gasteiger charge is -2.16. The second-order valence-electron chi connectivity index (χ2n) is 7.20. The van der Waals surface area contributed by atoms with Crippen LogP contribution in [0.1, 0.15) is 34.3 Å². The van der Waals surface area contributed by atoms with E-state index in [1.807, 2.05) is 55.1 Å². The number of nitrogens with one attached hydrogen (secondary N) is 1. The van der Waals surface area contributed by atoms with Crippen molar-refractivity contribution in [3.63, 3.8) is 0 Å². The Bertz CT molecular complexity index is 843. The van der Waals surface area contributed by atoms with E-state index >= 15 is 0 Å². The van der Waals surface area contributed by atoms with Crippen molar-refractivity contribution in [2.24, 2.45) is 0 Å². The molecule has 0 aromatic heterocycles. The first-order chi connectivity index (χ1) is 14.1. The maximum absolute atomic E-state index is 12.6. The molecule has 29 heavy (non-hydrogen) atoms. The minimum Gasteiger partial charge on any atom is -0.491 e. The number of rotatable bonds is 8. The van der Waals surface area contributed by atoms with Crippen LogP contribution in [0.3, 0.4) is 0 Å². The van der Waals surface area contributed by atoms with E-state index in [2.05, 4.69) is 5.32 Å². The van der Waals surface area contributed by atoms with Crippen LogP contribution in [-0.4, -0.2) is 48.7 Å². The summed E-state index contributed by atoms with van der Waals surface area (Å²) < 4.78 is 5.85. The van der Waals surface area contributed by atoms with Crippen LogP contribution in [0.5, 0.6) is 5.75 Å². The normalized spacial score (nSPS) is 13.4. The summed E-state index contributed by atoms with van der Waals surface area (Å²) in [5, 5.41) is 2.92. The number of benzene rings is 2. The number of hydrogen-bond donors (Lipinski definition) is 1. The molecule has 0 bridgehead atoms. The van der Waals surface area contributed by atoms with Gasteiger partial charge in [-0.2, -0.15) is 0 Å². The van der Waals surface area contributed by atoms with Crippen LogP contribution < -0.4 is 10.1 Å². The minimum absolute atomic E-state index is 0.143. The van der Waals surface area contributed by atoms with Gasteiger partial charge in [-0.15, -0.1) is 11.8 Å². The quantitative estimate of drug-likeness (QED) is 0.529. The molecule has 3 rings (SSSR count). The molecule has 0 spiro atoms. The van der Waals surface area contributed by atoms with Gasteiger partial charge in [-0.25, -0.2) is 0 Å². The van der Waals surface area contributed by atoms with E-state index in [0.29, 0.717) is 24.5 Å². The predicted molar refractivity (Wildman–Crippen MR) is 117 cm³/mol. The van der Waals surface area contributed by atoms with E-state index in [-0.39, 0.29) is 11.8 Å². The topological polar surface area (TPSA) is 58.6 Å². The van der Waals surface area contributed by atoms with Gasteiger partial charge >= 0.3 is 0 Å². The van der Waals surface area contributed by atoms with E-state index in [4.69, 9.17) is 4.74 Å². The zero-order chi connectivity index (χ0) is 20.6. The highest BCUT2D eigenvalue weighted by Crippen LogP contribution is 2.24. The summed E-state index contributed by atoms with van der Waals surface area (Å²) in [6.45, 7) is 6.54. The van der Waals surface area contributed by atoms with Crippen LogP contribution in [0.4, 0.5) is 0 Å². The molecule has 2 aromatic carbocycles. The predicted octanol–water partition coefficient (Wildman–Crippen LogP) is 3.83. The molecule has 6 heteroatoms. The van der Waals surface area contributed by atoms with Crippen LogP contribution in [0.2, 0.25) is 0 Å². The van der Waals surface area contributed by atoms with E-state index in [9.17, 15) is 9.59 Å². The van der Waals surface area contributed by atoms with E-state index in [0.717, 1.165) is 47.7 Å². The Balaban J connectivity index is 1.51. The van der Waals surface area contributed by atoms with Crippen LogP contribution in [-0.2, 0) is 4.79 Å². The van der Waals surface area contributed by atoms with Crippen LogP contribution in [0, 0.1) is 13.8 Å². The standard InChI is InChI=1S/C23H28N2O3S/c1-17-8-7-9-18(2)22(17)28-15-12-24-23(27)19-10-3-4-11-20(19)29-16-21(26)25-13-5-6-14-25/h3-4,7-11H,5-6,12-16H2,1-2H3,(H,24,27). The maximum atomic E-state index is 12.6. The first-order valence-corrected chi connectivity index (χ1v) is 11.0. The number of ether oxygens (including phenoxy) is 1. The molecule has 1 aliphatic rings. The molecule has 0 saturated carbocycles. The van der Waals surface area contributed by atoms with Crippen molar-refractivity contribution in [3.05, 3.63) is 59.2 Å². The Morgan fingerprint density at radius 3 is 2.45 bits per heavy atom. The van der Waals surface area contributed by atoms with Gasteiger partial charge in [0.25, 0.3) is 5.91 Å². The minimum atomic E-state index is -0.146. The summed E-state index contributed by atoms with van der Waals surface area (Å²) in [5.41, 5.74) is 2.76. The fourth-order valence-electron chi connectivity index (χ4n) is 3.42. The first kappa shape index (κ1) is 21.2. The van der Waals surface area contributed by atoms with Gasteiger partial charge in [0.05, 0.1) is 17.9 Å². The number of amides is 2. The lowest BCUT2D eigenvalue weighted by atomic mass is 10.1. The smallest absolute Gasteiger partial charge is 0.252 e. The highest BCUT2D eigenvalue weighted by molar-refractivity contribution is 8.00. The second-order valence-corrected chi connectivity index (χ2v) is 8.22. The number of nitrogens with zero attached hydrogens (tertiary/aromatic N) is 1. The van der Waals surface area contributed by atoms with Crippen molar-refractivity contribution < 1.29 is 14.3 Å². The van der Waals surface area contributed by atoms with Gasteiger partial charge < -0.3 is 15.0 Å². The molecular formula is C23H28N2O3S. The summed E-state index contributed by atoms with van der Waals surface area (Å²) >= 11 is 1.43. The number of para-hydroxylation sites is 1. The highest BCUT2D eigenvalue weighted by Gasteiger charge is 2.19. The SMILES string of the molecule is Cc1cccc(C)c1OCCNC(=O)c1ccccc1SCC(=O)N1CCCC1. The summed E-state index contributed by atoms with van der Waals surface area (Å²) in [6, 6.07) is 13.4. The molecule has 1 fully saturated rings. The second kappa shape index (κ2) is 10.3. The molecule has 1 aliphatic heterocycles. The Morgan fingerprint density at radius 1 is 1.03 bits per heavy atom. The van der Waals surface area contributed by atoms with Gasteiger partial charge in [-0.3, -0.25) is 9.59 Å². The molecule has 1 N–H and O–H groups in total. The van der Waals surface area contributed by atoms with Gasteiger partial charge in [-0.05, 0) is 49.9 Å². The van der Waals surface area contributed by atoms with Crippen molar-refractivity contribution in [2.75, 3.05) is 32.0 Å². The van der Waals surface area contributed by atoms with E-state index < -0.39 is 0 Å². The molecule has 1 saturated heterocycles. The van der Waals surface area contributed by atoms with Gasteiger partial charge in [0.2, 0.25) is 5.91 Å². The van der Waals surface area contributed by atoms with E-state index in [1.54, 1.807) is 6.07 Å². The molecule has 0 radical (unpaired) electrons. The average molecular weight is 413 g/mol. The van der Waals surface area contributed by atoms with Gasteiger partial charge in [-0.1, -0.05) is 30.3 Å². The Hall–Kier alpha value is -2.47. The Morgan fingerprint density at radius 2 is 1.72 bits per heavy atom. The molecule has 2 amide bonds. The van der Waals surface area contributed by atoms with Gasteiger partial charge in [0.15, 0.2) is 0 Å². The number of carbonyl (C=O) groups is 2. The highest BCUT2D eigenvalue weighted by atomic mass is 32.2. The summed E-state index contributed by atoms with van der Waals surface area (Å²) in [4.78, 5) is 27.7. The summed E-state index contributed by atoms with van der Waals surface area (Å²) in [7, 11) is 0. The number of aryl methyl sites for hydroxylation is 2. The van der Waals surface area contributed by atoms with Crippen molar-refractivity contribution >= 4 is 23.6 Å². The number of thioether (sulfide) groups is 1. The third-order valence-corrected chi connectivity index (χ3v) is 6.04. The molecule has 2 aromatic rings. The van der Waals surface area contributed by atoms with Crippen LogP contribution in [0.25, 0.3) is 0 Å². The van der Waals surface area contributed by atoms with Gasteiger partial charge in [0.1, 0.15) is 12.4 Å². The molecule has 0 aliphatic carbocycles. The van der Waals surface area contributed by atoms with Crippen molar-refractivity contribution in [3.8, 4) is 5.75 Å². The average Bonchev–Trinajstić information content (AvgIpc) is 3.26. The first-order valence-electron chi connectivity index (χ1n) is 10.0. The lowest BCUT2D eigenvalue weighted by molar-refractivity contribution is -0.127. The molecule has 0 atom stereocenters. The Labute approximate surface area is 176 Å². The summed E-state index contributed by atoms with van der Waals surface area (Å²) in [5.74, 6) is 1.23. The molecule has 0 unspecified atom stereocenters. The monoisotopic (exact) mass is 412 g/mol. The van der Waals surface area contributed by atoms with Crippen LogP contribution >= 0.6 is 11.8 Å². The van der Waals surface area contributed by atoms with Crippen LogP contribution in [0.15, 0.2) is 47.4 Å². The van der Waals surface area contributed by atoms with Crippen molar-refractivity contribution in [1.29, 1.82) is 0 Å². The fourth-order valence-corrected chi connectivity index (χ4v) is 4.37. The molecule has 1 heterocycles. The number of carbonyl (C=O) groups excluding carboxylic acids is 2. The molecule has 5 nitrogen and oxygen atoms in total. The maximum Gasteiger partial charge on any atom is 0.252 e. The lowest BCUT2D eigenvalue weighted by Crippen LogP contribution is -2.30. The number of hydrogen-bond acceptors (Lipinski definition) is 4. The van der Waals surface area contributed by atoms with Crippen molar-refractivity contribution in [1.82, 2.24) is 10.2 Å². The number of likely N-dealkylation sites (tertiary alicyclic amines) is 1. The third-order valence-electron chi connectivity index (χ3n) is 4.98. The van der Waals surface area contributed by atoms with Gasteiger partial charge in [0, 0.05) is 18.0 Å². The fraction of sp³-hybridized carbons (Fsp3) is 0.391. The third kappa shape index (κ3) is 5.76. The van der Waals surface area contributed by atoms with Crippen molar-refractivity contribution in [2.45, 2.75) is 31.6 Å². The zero-order valence-electron chi connectivity index (χ0n) is 17.1. The zero-order valence-corrected chi connectivity index (χ0v) is 17.9. The molecule has 154 valence electrons. The Kier molecular flexibility index (Phi) is 7.58. The van der Waals surface area contributed by atoms with E-state index in [1.165, 1.54) is 11.8 Å². The summed E-state index contributed by atoms with van der Waals surface area (Å²) in [6.07, 6.45) is 2.17. The largest absolute Gasteiger partial charge is 0.491 e.